The molecule has 1 heterocycles. The summed E-state index contributed by atoms with van der Waals surface area (Å²) in [6.45, 7) is 3.26. The smallest absolute Gasteiger partial charge is 0.359 e. The van der Waals surface area contributed by atoms with Crippen molar-refractivity contribution < 1.29 is 23.1 Å². The molecule has 0 radical (unpaired) electrons. The predicted octanol–water partition coefficient (Wildman–Crippen LogP) is 4.45. The number of hydrogen-bond acceptors (Lipinski definition) is 4. The summed E-state index contributed by atoms with van der Waals surface area (Å²) in [4.78, 5) is 25.5. The van der Waals surface area contributed by atoms with Crippen molar-refractivity contribution in [3.8, 4) is 5.69 Å². The molecule has 1 N–H and O–H groups in total. The van der Waals surface area contributed by atoms with Crippen LogP contribution in [0.15, 0.2) is 48.5 Å². The largest absolute Gasteiger partial charge is 0.448 e. The number of benzene rings is 2. The molecule has 8 heteroatoms. The Balaban J connectivity index is 1.49. The number of esters is 1. The highest BCUT2D eigenvalue weighted by Crippen LogP contribution is 2.28. The van der Waals surface area contributed by atoms with Gasteiger partial charge in [-0.3, -0.25) is 4.79 Å². The topological polar surface area (TPSA) is 73.2 Å². The fourth-order valence-electron chi connectivity index (χ4n) is 3.99. The quantitative estimate of drug-likeness (QED) is 0.560. The highest BCUT2D eigenvalue weighted by molar-refractivity contribution is 5.92. The fourth-order valence-corrected chi connectivity index (χ4v) is 3.99. The number of nitrogens with zero attached hydrogens (tertiary/aromatic N) is 2. The van der Waals surface area contributed by atoms with Crippen LogP contribution >= 0.6 is 0 Å². The van der Waals surface area contributed by atoms with Gasteiger partial charge in [0.1, 0.15) is 11.6 Å². The molecule has 172 valence electrons. The summed E-state index contributed by atoms with van der Waals surface area (Å²) in [5, 5.41) is 7.24. The summed E-state index contributed by atoms with van der Waals surface area (Å²) in [5.41, 5.74) is 3.29. The number of aromatic nitrogens is 2. The van der Waals surface area contributed by atoms with E-state index in [-0.39, 0.29) is 23.4 Å². The first-order valence-electron chi connectivity index (χ1n) is 11.0. The lowest BCUT2D eigenvalue weighted by Gasteiger charge is -2.18. The molecule has 1 aliphatic rings. The summed E-state index contributed by atoms with van der Waals surface area (Å²) in [5.74, 6) is -1.85. The summed E-state index contributed by atoms with van der Waals surface area (Å²) in [6, 6.07) is 11.3. The zero-order valence-corrected chi connectivity index (χ0v) is 18.5. The van der Waals surface area contributed by atoms with Crippen molar-refractivity contribution in [1.82, 2.24) is 15.1 Å². The van der Waals surface area contributed by atoms with Crippen molar-refractivity contribution in [2.45, 2.75) is 51.7 Å². The monoisotopic (exact) mass is 453 g/mol. The van der Waals surface area contributed by atoms with Crippen LogP contribution in [0.2, 0.25) is 0 Å². The molecule has 1 amide bonds. The van der Waals surface area contributed by atoms with Gasteiger partial charge in [-0.25, -0.2) is 18.3 Å². The molecule has 0 unspecified atom stereocenters. The Morgan fingerprint density at radius 1 is 0.970 bits per heavy atom. The Labute approximate surface area is 190 Å². The number of carbonyl (C=O) groups is 2. The third kappa shape index (κ3) is 4.94. The van der Waals surface area contributed by atoms with E-state index in [1.54, 1.807) is 35.9 Å². The second-order valence-corrected chi connectivity index (χ2v) is 8.20. The van der Waals surface area contributed by atoms with E-state index in [4.69, 9.17) is 4.74 Å². The summed E-state index contributed by atoms with van der Waals surface area (Å²) >= 11 is 0. The predicted molar refractivity (Wildman–Crippen MR) is 118 cm³/mol. The number of halogens is 2. The average Bonchev–Trinajstić information content (AvgIpc) is 3.20. The molecule has 0 aliphatic heterocycles. The van der Waals surface area contributed by atoms with Gasteiger partial charge in [0.2, 0.25) is 0 Å². The van der Waals surface area contributed by atoms with Crippen molar-refractivity contribution in [3.05, 3.63) is 82.7 Å². The number of carbonyl (C=O) groups excluding carboxylic acids is 2. The van der Waals surface area contributed by atoms with Gasteiger partial charge < -0.3 is 10.1 Å². The van der Waals surface area contributed by atoms with Gasteiger partial charge in [0.25, 0.3) is 5.91 Å². The van der Waals surface area contributed by atoms with E-state index in [0.717, 1.165) is 36.1 Å². The van der Waals surface area contributed by atoms with Crippen LogP contribution in [-0.2, 0) is 22.4 Å². The number of ether oxygens (including phenoxy) is 1. The van der Waals surface area contributed by atoms with Crippen LogP contribution in [0, 0.1) is 11.6 Å². The maximum atomic E-state index is 13.4. The zero-order chi connectivity index (χ0) is 23.5. The van der Waals surface area contributed by atoms with Crippen LogP contribution in [0.5, 0.6) is 0 Å². The zero-order valence-electron chi connectivity index (χ0n) is 18.5. The third-order valence-corrected chi connectivity index (χ3v) is 5.83. The Morgan fingerprint density at radius 3 is 2.24 bits per heavy atom. The van der Waals surface area contributed by atoms with Crippen molar-refractivity contribution in [2.24, 2.45) is 0 Å². The average molecular weight is 453 g/mol. The van der Waals surface area contributed by atoms with Gasteiger partial charge in [0, 0.05) is 11.3 Å². The van der Waals surface area contributed by atoms with E-state index in [9.17, 15) is 18.4 Å². The molecule has 2 atom stereocenters. The maximum Gasteiger partial charge on any atom is 0.359 e. The standard InChI is InChI=1S/C25H25F2N3O3/c1-15(17-7-9-18(26)10-8-17)28-24(31)16(2)33-25(32)23-21-5-3-4-6-22(21)30(29-23)20-13-11-19(27)12-14-20/h7-16H,3-6H2,1-2H3,(H,28,31)/t15-,16-/m1/s1. The maximum absolute atomic E-state index is 13.4. The Hall–Kier alpha value is -3.55. The molecular formula is C25H25F2N3O3. The highest BCUT2D eigenvalue weighted by Gasteiger charge is 2.29. The molecule has 0 fully saturated rings. The number of amides is 1. The Kier molecular flexibility index (Phi) is 6.53. The Bertz CT molecular complexity index is 1160. The van der Waals surface area contributed by atoms with E-state index in [1.807, 2.05) is 0 Å². The van der Waals surface area contributed by atoms with Gasteiger partial charge >= 0.3 is 5.97 Å². The van der Waals surface area contributed by atoms with E-state index in [1.165, 1.54) is 31.2 Å². The van der Waals surface area contributed by atoms with Crippen LogP contribution in [-0.4, -0.2) is 27.8 Å². The van der Waals surface area contributed by atoms with Crippen LogP contribution in [0.25, 0.3) is 5.69 Å². The minimum atomic E-state index is -1.05. The van der Waals surface area contributed by atoms with E-state index >= 15 is 0 Å². The lowest BCUT2D eigenvalue weighted by atomic mass is 9.95. The lowest BCUT2D eigenvalue weighted by Crippen LogP contribution is -2.37. The molecule has 0 spiro atoms. The fraction of sp³-hybridized carbons (Fsp3) is 0.320. The molecule has 0 bridgehead atoms. The first kappa shape index (κ1) is 22.6. The summed E-state index contributed by atoms with van der Waals surface area (Å²) < 4.78 is 33.6. The minimum Gasteiger partial charge on any atom is -0.448 e. The SMILES string of the molecule is C[C@@H](OC(=O)c1nn(-c2ccc(F)cc2)c2c1CCCC2)C(=O)N[C@H](C)c1ccc(F)cc1. The highest BCUT2D eigenvalue weighted by atomic mass is 19.1. The van der Waals surface area contributed by atoms with Crippen molar-refractivity contribution in [1.29, 1.82) is 0 Å². The molecule has 6 nitrogen and oxygen atoms in total. The van der Waals surface area contributed by atoms with Crippen molar-refractivity contribution >= 4 is 11.9 Å². The number of hydrogen-bond donors (Lipinski definition) is 1. The van der Waals surface area contributed by atoms with Crippen molar-refractivity contribution in [3.63, 3.8) is 0 Å². The second kappa shape index (κ2) is 9.52. The molecular weight excluding hydrogens is 428 g/mol. The lowest BCUT2D eigenvalue weighted by molar-refractivity contribution is -0.129. The summed E-state index contributed by atoms with van der Waals surface area (Å²) in [6.07, 6.45) is 2.28. The molecule has 0 saturated heterocycles. The van der Waals surface area contributed by atoms with E-state index < -0.39 is 18.0 Å². The molecule has 1 aromatic heterocycles. The first-order chi connectivity index (χ1) is 15.8. The molecule has 3 aromatic rings. The van der Waals surface area contributed by atoms with Gasteiger partial charge in [-0.2, -0.15) is 5.10 Å². The van der Waals surface area contributed by atoms with Gasteiger partial charge in [0.15, 0.2) is 11.8 Å². The molecule has 4 rings (SSSR count). The normalized spacial score (nSPS) is 14.8. The van der Waals surface area contributed by atoms with E-state index in [2.05, 4.69) is 10.4 Å². The molecule has 33 heavy (non-hydrogen) atoms. The summed E-state index contributed by atoms with van der Waals surface area (Å²) in [7, 11) is 0. The molecule has 1 aliphatic carbocycles. The van der Waals surface area contributed by atoms with Crippen LogP contribution < -0.4 is 5.32 Å². The number of fused-ring (bicyclic) bond motifs is 1. The van der Waals surface area contributed by atoms with Gasteiger partial charge in [-0.1, -0.05) is 12.1 Å². The first-order valence-corrected chi connectivity index (χ1v) is 11.0. The number of nitrogens with one attached hydrogen (secondary N) is 1. The molecule has 2 aromatic carbocycles. The second-order valence-electron chi connectivity index (χ2n) is 8.20. The third-order valence-electron chi connectivity index (χ3n) is 5.83. The van der Waals surface area contributed by atoms with Crippen LogP contribution in [0.4, 0.5) is 8.78 Å². The van der Waals surface area contributed by atoms with Crippen LogP contribution in [0.1, 0.15) is 60.0 Å². The number of rotatable bonds is 6. The Morgan fingerprint density at radius 2 is 1.58 bits per heavy atom. The van der Waals surface area contributed by atoms with Crippen molar-refractivity contribution in [2.75, 3.05) is 0 Å². The van der Waals surface area contributed by atoms with Gasteiger partial charge in [0.05, 0.1) is 11.7 Å². The van der Waals surface area contributed by atoms with Gasteiger partial charge in [-0.15, -0.1) is 0 Å². The van der Waals surface area contributed by atoms with E-state index in [0.29, 0.717) is 12.1 Å². The van der Waals surface area contributed by atoms with Crippen LogP contribution in [0.3, 0.4) is 0 Å². The van der Waals surface area contributed by atoms with Gasteiger partial charge in [-0.05, 0) is 81.5 Å². The minimum absolute atomic E-state index is 0.181. The molecule has 0 saturated carbocycles.